The molecule has 0 unspecified atom stereocenters. The Kier molecular flexibility index (Phi) is 3.68. The van der Waals surface area contributed by atoms with Gasteiger partial charge in [-0.2, -0.15) is 0 Å². The number of anilines is 3. The van der Waals surface area contributed by atoms with E-state index in [9.17, 15) is 0 Å². The van der Waals surface area contributed by atoms with Crippen LogP contribution >= 0.6 is 15.9 Å². The topological polar surface area (TPSA) is 71.2 Å². The summed E-state index contributed by atoms with van der Waals surface area (Å²) < 4.78 is 0.896. The maximum Gasteiger partial charge on any atom is 0.225 e. The van der Waals surface area contributed by atoms with E-state index in [2.05, 4.69) is 40.7 Å². The zero-order valence-electron chi connectivity index (χ0n) is 10.9. The predicted octanol–water partition coefficient (Wildman–Crippen LogP) is 1.54. The van der Waals surface area contributed by atoms with Gasteiger partial charge in [0.2, 0.25) is 5.95 Å². The van der Waals surface area contributed by atoms with Crippen LogP contribution in [0.3, 0.4) is 0 Å². The molecule has 1 fully saturated rings. The fourth-order valence-corrected chi connectivity index (χ4v) is 2.42. The monoisotopic (exact) mass is 334 g/mol. The fourth-order valence-electron chi connectivity index (χ4n) is 2.22. The summed E-state index contributed by atoms with van der Waals surface area (Å²) in [7, 11) is 0. The first-order chi connectivity index (χ1) is 9.72. The molecule has 6 nitrogen and oxygen atoms in total. The fraction of sp³-hybridized carbons (Fsp3) is 0.308. The molecule has 1 saturated heterocycles. The van der Waals surface area contributed by atoms with Crippen LogP contribution < -0.4 is 15.5 Å². The van der Waals surface area contributed by atoms with Crippen LogP contribution in [0, 0.1) is 0 Å². The lowest BCUT2D eigenvalue weighted by atomic mass is 10.3. The average Bonchev–Trinajstić information content (AvgIpc) is 2.49. The van der Waals surface area contributed by atoms with Crippen LogP contribution in [0.15, 0.2) is 35.2 Å². The molecule has 0 aliphatic carbocycles. The van der Waals surface area contributed by atoms with Crippen LogP contribution in [0.25, 0.3) is 0 Å². The lowest BCUT2D eigenvalue weighted by molar-refractivity contribution is 0.639. The van der Waals surface area contributed by atoms with Gasteiger partial charge in [-0.25, -0.2) is 15.0 Å². The smallest absolute Gasteiger partial charge is 0.225 e. The Hall–Kier alpha value is -1.89. The number of hydrogen-bond donors (Lipinski definition) is 1. The molecule has 2 aromatic rings. The molecule has 20 heavy (non-hydrogen) atoms. The Morgan fingerprint density at radius 1 is 0.900 bits per heavy atom. The number of nitrogen functional groups attached to an aromatic ring is 1. The van der Waals surface area contributed by atoms with Crippen molar-refractivity contribution in [2.45, 2.75) is 0 Å². The molecule has 0 saturated carbocycles. The molecule has 0 bridgehead atoms. The number of hydrogen-bond acceptors (Lipinski definition) is 6. The summed E-state index contributed by atoms with van der Waals surface area (Å²) in [5.41, 5.74) is 6.72. The molecule has 104 valence electrons. The minimum atomic E-state index is 0.552. The van der Waals surface area contributed by atoms with Crippen molar-refractivity contribution in [1.29, 1.82) is 0 Å². The highest BCUT2D eigenvalue weighted by Gasteiger charge is 2.19. The summed E-state index contributed by atoms with van der Waals surface area (Å²) in [5.74, 6) is 1.33. The van der Waals surface area contributed by atoms with E-state index in [1.165, 1.54) is 0 Å². The molecule has 0 atom stereocenters. The number of nitrogens with two attached hydrogens (primary N) is 1. The molecular formula is C13H15BrN6. The van der Waals surface area contributed by atoms with Gasteiger partial charge in [0.25, 0.3) is 0 Å². The second-order valence-corrected chi connectivity index (χ2v) is 5.53. The second-order valence-electron chi connectivity index (χ2n) is 4.62. The number of rotatable bonds is 2. The standard InChI is InChI=1S/C13H15BrN6/c14-10-7-17-13(18-8-10)20-5-3-19(4-6-20)11-1-2-12(15)16-9-11/h1-2,7-9H,3-6H2,(H2,15,16). The highest BCUT2D eigenvalue weighted by atomic mass is 79.9. The van der Waals surface area contributed by atoms with E-state index >= 15 is 0 Å². The Labute approximate surface area is 125 Å². The van der Waals surface area contributed by atoms with E-state index in [1.54, 1.807) is 12.4 Å². The molecule has 1 aliphatic rings. The van der Waals surface area contributed by atoms with E-state index < -0.39 is 0 Å². The van der Waals surface area contributed by atoms with Crippen molar-refractivity contribution in [1.82, 2.24) is 15.0 Å². The number of nitrogens with zero attached hydrogens (tertiary/aromatic N) is 5. The molecule has 7 heteroatoms. The van der Waals surface area contributed by atoms with Gasteiger partial charge in [-0.3, -0.25) is 0 Å². The van der Waals surface area contributed by atoms with Gasteiger partial charge in [-0.1, -0.05) is 0 Å². The largest absolute Gasteiger partial charge is 0.384 e. The van der Waals surface area contributed by atoms with Gasteiger partial charge in [0.15, 0.2) is 0 Å². The predicted molar refractivity (Wildman–Crippen MR) is 82.8 cm³/mol. The van der Waals surface area contributed by atoms with E-state index in [-0.39, 0.29) is 0 Å². The molecule has 0 aromatic carbocycles. The molecule has 1 aliphatic heterocycles. The lowest BCUT2D eigenvalue weighted by Crippen LogP contribution is -2.47. The van der Waals surface area contributed by atoms with Gasteiger partial charge in [-0.05, 0) is 28.1 Å². The normalized spacial score (nSPS) is 15.4. The maximum absolute atomic E-state index is 5.61. The van der Waals surface area contributed by atoms with Crippen molar-refractivity contribution >= 4 is 33.4 Å². The molecule has 2 N–H and O–H groups in total. The van der Waals surface area contributed by atoms with Gasteiger partial charge in [0.1, 0.15) is 5.82 Å². The van der Waals surface area contributed by atoms with Crippen molar-refractivity contribution in [2.24, 2.45) is 0 Å². The highest BCUT2D eigenvalue weighted by molar-refractivity contribution is 9.10. The first-order valence-electron chi connectivity index (χ1n) is 6.41. The summed E-state index contributed by atoms with van der Waals surface area (Å²) in [6.45, 7) is 3.63. The van der Waals surface area contributed by atoms with E-state index in [4.69, 9.17) is 5.73 Å². The van der Waals surface area contributed by atoms with E-state index in [1.807, 2.05) is 18.3 Å². The molecule has 2 aromatic heterocycles. The van der Waals surface area contributed by atoms with Crippen molar-refractivity contribution in [3.05, 3.63) is 35.2 Å². The first kappa shape index (κ1) is 13.1. The number of pyridine rings is 1. The third-order valence-electron chi connectivity index (χ3n) is 3.31. The zero-order valence-corrected chi connectivity index (χ0v) is 12.5. The van der Waals surface area contributed by atoms with E-state index in [0.29, 0.717) is 5.82 Å². The lowest BCUT2D eigenvalue weighted by Gasteiger charge is -2.35. The molecule has 3 rings (SSSR count). The third-order valence-corrected chi connectivity index (χ3v) is 3.71. The Morgan fingerprint density at radius 3 is 2.15 bits per heavy atom. The average molecular weight is 335 g/mol. The van der Waals surface area contributed by atoms with Gasteiger partial charge in [-0.15, -0.1) is 0 Å². The second kappa shape index (κ2) is 5.62. The SMILES string of the molecule is Nc1ccc(N2CCN(c3ncc(Br)cn3)CC2)cn1. The summed E-state index contributed by atoms with van der Waals surface area (Å²) in [6, 6.07) is 3.84. The van der Waals surface area contributed by atoms with Crippen molar-refractivity contribution in [3.63, 3.8) is 0 Å². The van der Waals surface area contributed by atoms with Crippen molar-refractivity contribution in [2.75, 3.05) is 41.7 Å². The highest BCUT2D eigenvalue weighted by Crippen LogP contribution is 2.18. The van der Waals surface area contributed by atoms with Crippen molar-refractivity contribution < 1.29 is 0 Å². The van der Waals surface area contributed by atoms with Crippen LogP contribution in [0.4, 0.5) is 17.5 Å². The van der Waals surface area contributed by atoms with Gasteiger partial charge in [0, 0.05) is 38.6 Å². The third kappa shape index (κ3) is 2.82. The van der Waals surface area contributed by atoms with Crippen LogP contribution in [-0.4, -0.2) is 41.1 Å². The molecule has 3 heterocycles. The molecule has 0 amide bonds. The summed E-state index contributed by atoms with van der Waals surface area (Å²) in [5, 5.41) is 0. The quantitative estimate of drug-likeness (QED) is 0.898. The first-order valence-corrected chi connectivity index (χ1v) is 7.20. The van der Waals surface area contributed by atoms with Crippen LogP contribution in [0.1, 0.15) is 0 Å². The Morgan fingerprint density at radius 2 is 1.55 bits per heavy atom. The Bertz CT molecular complexity index is 509. The maximum atomic E-state index is 5.61. The molecule has 0 radical (unpaired) electrons. The van der Waals surface area contributed by atoms with Gasteiger partial charge >= 0.3 is 0 Å². The zero-order chi connectivity index (χ0) is 13.9. The Balaban J connectivity index is 1.64. The summed E-state index contributed by atoms with van der Waals surface area (Å²) in [6.07, 6.45) is 5.37. The van der Waals surface area contributed by atoms with Crippen LogP contribution in [0.2, 0.25) is 0 Å². The van der Waals surface area contributed by atoms with Gasteiger partial charge in [0.05, 0.1) is 16.4 Å². The summed E-state index contributed by atoms with van der Waals surface area (Å²) in [4.78, 5) is 17.3. The van der Waals surface area contributed by atoms with Crippen LogP contribution in [-0.2, 0) is 0 Å². The molecular weight excluding hydrogens is 320 g/mol. The van der Waals surface area contributed by atoms with Crippen LogP contribution in [0.5, 0.6) is 0 Å². The number of aromatic nitrogens is 3. The summed E-state index contributed by atoms with van der Waals surface area (Å²) >= 11 is 3.35. The van der Waals surface area contributed by atoms with E-state index in [0.717, 1.165) is 42.3 Å². The molecule has 0 spiro atoms. The minimum absolute atomic E-state index is 0.552. The van der Waals surface area contributed by atoms with Gasteiger partial charge < -0.3 is 15.5 Å². The number of halogens is 1. The van der Waals surface area contributed by atoms with Crippen molar-refractivity contribution in [3.8, 4) is 0 Å². The number of piperazine rings is 1. The minimum Gasteiger partial charge on any atom is -0.384 e.